The summed E-state index contributed by atoms with van der Waals surface area (Å²) in [5.41, 5.74) is 5.27. The molecule has 2 aliphatic carbocycles. The summed E-state index contributed by atoms with van der Waals surface area (Å²) in [6.45, 7) is 2.99. The first-order valence-electron chi connectivity index (χ1n) is 9.34. The number of nitrogens with one attached hydrogen (secondary N) is 1. The van der Waals surface area contributed by atoms with Crippen LogP contribution in [0.15, 0.2) is 35.9 Å². The summed E-state index contributed by atoms with van der Waals surface area (Å²) in [5, 5.41) is 1.32. The molecule has 24 heavy (non-hydrogen) atoms. The summed E-state index contributed by atoms with van der Waals surface area (Å²) >= 11 is 0. The summed E-state index contributed by atoms with van der Waals surface area (Å²) in [5.74, 6) is 1.65. The van der Waals surface area contributed by atoms with E-state index in [4.69, 9.17) is 0 Å². The van der Waals surface area contributed by atoms with Crippen molar-refractivity contribution in [3.8, 4) is 0 Å². The highest BCUT2D eigenvalue weighted by molar-refractivity contribution is 5.90. The number of allylic oxidation sites excluding steroid dienone is 1. The highest BCUT2D eigenvalue weighted by atomic mass is 16.2. The van der Waals surface area contributed by atoms with Gasteiger partial charge in [0, 0.05) is 29.2 Å². The van der Waals surface area contributed by atoms with Crippen LogP contribution < -0.4 is 0 Å². The number of nitrogens with zero attached hydrogens (tertiary/aromatic N) is 1. The number of benzene rings is 1. The molecule has 2 fully saturated rings. The smallest absolute Gasteiger partial charge is 0.247 e. The van der Waals surface area contributed by atoms with E-state index in [9.17, 15) is 4.79 Å². The molecule has 3 heteroatoms. The second-order valence-electron chi connectivity index (χ2n) is 7.71. The third kappa shape index (κ3) is 2.29. The lowest BCUT2D eigenvalue weighted by molar-refractivity contribution is -0.128. The van der Waals surface area contributed by atoms with Gasteiger partial charge in [0.15, 0.2) is 0 Å². The van der Waals surface area contributed by atoms with Crippen LogP contribution in [0.4, 0.5) is 0 Å². The molecule has 1 atom stereocenters. The summed E-state index contributed by atoms with van der Waals surface area (Å²) in [6.07, 6.45) is 8.11. The molecule has 3 nitrogen and oxygen atoms in total. The predicted molar refractivity (Wildman–Crippen MR) is 95.7 cm³/mol. The van der Waals surface area contributed by atoms with E-state index in [1.807, 2.05) is 6.08 Å². The number of hydrogen-bond donors (Lipinski definition) is 1. The van der Waals surface area contributed by atoms with Crippen LogP contribution in [0.3, 0.4) is 0 Å². The highest BCUT2D eigenvalue weighted by Gasteiger charge is 2.38. The zero-order valence-corrected chi connectivity index (χ0v) is 14.2. The fraction of sp³-hybridized carbons (Fsp3) is 0.476. The Balaban J connectivity index is 1.45. The van der Waals surface area contributed by atoms with Crippen LogP contribution in [0.5, 0.6) is 0 Å². The maximum atomic E-state index is 12.9. The lowest BCUT2D eigenvalue weighted by atomic mass is 9.97. The number of rotatable bonds is 3. The molecule has 0 spiro atoms. The molecule has 0 bridgehead atoms. The number of carbonyl (C=O) groups is 1. The molecule has 3 aliphatic rings. The fourth-order valence-electron chi connectivity index (χ4n) is 4.36. The van der Waals surface area contributed by atoms with Crippen molar-refractivity contribution in [2.24, 2.45) is 11.8 Å². The third-order valence-electron chi connectivity index (χ3n) is 6.01. The minimum Gasteiger partial charge on any atom is -0.356 e. The molecule has 0 radical (unpaired) electrons. The first-order valence-corrected chi connectivity index (χ1v) is 9.34. The maximum Gasteiger partial charge on any atom is 0.247 e. The van der Waals surface area contributed by atoms with Gasteiger partial charge in [0.05, 0.1) is 6.04 Å². The van der Waals surface area contributed by atoms with Crippen molar-refractivity contribution < 1.29 is 4.79 Å². The van der Waals surface area contributed by atoms with Gasteiger partial charge in [-0.25, -0.2) is 0 Å². The number of fused-ring (bicyclic) bond motifs is 3. The lowest BCUT2D eigenvalue weighted by Gasteiger charge is -2.33. The molecule has 1 amide bonds. The first kappa shape index (κ1) is 14.3. The molecule has 124 valence electrons. The molecule has 2 saturated carbocycles. The van der Waals surface area contributed by atoms with Crippen molar-refractivity contribution >= 4 is 16.8 Å². The number of para-hydroxylation sites is 1. The van der Waals surface area contributed by atoms with E-state index in [0.717, 1.165) is 13.0 Å². The van der Waals surface area contributed by atoms with E-state index in [-0.39, 0.29) is 11.9 Å². The molecular weight excluding hydrogens is 296 g/mol. The largest absolute Gasteiger partial charge is 0.356 e. The van der Waals surface area contributed by atoms with E-state index >= 15 is 0 Å². The molecule has 1 aromatic heterocycles. The van der Waals surface area contributed by atoms with Gasteiger partial charge in [0.25, 0.3) is 0 Å². The van der Waals surface area contributed by atoms with Crippen molar-refractivity contribution in [1.82, 2.24) is 9.88 Å². The Morgan fingerprint density at radius 2 is 1.88 bits per heavy atom. The van der Waals surface area contributed by atoms with E-state index in [0.29, 0.717) is 11.8 Å². The molecule has 1 aromatic carbocycles. The number of H-pyrrole nitrogens is 1. The Morgan fingerprint density at radius 1 is 1.17 bits per heavy atom. The van der Waals surface area contributed by atoms with Crippen LogP contribution in [0.2, 0.25) is 0 Å². The second kappa shape index (κ2) is 5.23. The van der Waals surface area contributed by atoms with Crippen LogP contribution in [0, 0.1) is 11.8 Å². The number of hydrogen-bond acceptors (Lipinski definition) is 1. The van der Waals surface area contributed by atoms with Gasteiger partial charge in [-0.15, -0.1) is 0 Å². The normalized spacial score (nSPS) is 23.2. The van der Waals surface area contributed by atoms with Crippen LogP contribution >= 0.6 is 0 Å². The minimum atomic E-state index is 0.129. The molecular formula is C21H24N2O. The topological polar surface area (TPSA) is 36.1 Å². The van der Waals surface area contributed by atoms with Gasteiger partial charge in [-0.05, 0) is 62.5 Å². The number of amides is 1. The SMILES string of the molecule is C[C@@H]1c2[nH]c3ccccc3c2CCN1C(=O)C=C(C1CC1)C1CC1. The minimum absolute atomic E-state index is 0.129. The van der Waals surface area contributed by atoms with Crippen molar-refractivity contribution in [2.75, 3.05) is 6.54 Å². The number of aromatic amines is 1. The number of carbonyl (C=O) groups excluding carboxylic acids is 1. The molecule has 2 aromatic rings. The Kier molecular flexibility index (Phi) is 3.12. The standard InChI is InChI=1S/C21H24N2O/c1-13-21-17(16-4-2-3-5-19(16)22-21)10-11-23(13)20(24)12-18(14-6-7-14)15-8-9-15/h2-5,12-15,22H,6-11H2,1H3/t13-/m1/s1. The Bertz CT molecular complexity index is 825. The molecule has 0 unspecified atom stereocenters. The van der Waals surface area contributed by atoms with Crippen molar-refractivity contribution in [1.29, 1.82) is 0 Å². The van der Waals surface area contributed by atoms with Gasteiger partial charge >= 0.3 is 0 Å². The maximum absolute atomic E-state index is 12.9. The van der Waals surface area contributed by atoms with E-state index in [1.165, 1.54) is 53.4 Å². The molecule has 1 N–H and O–H groups in total. The fourth-order valence-corrected chi connectivity index (χ4v) is 4.36. The van der Waals surface area contributed by atoms with Gasteiger partial charge < -0.3 is 9.88 Å². The lowest BCUT2D eigenvalue weighted by Crippen LogP contribution is -2.38. The number of aromatic nitrogens is 1. The molecule has 2 heterocycles. The van der Waals surface area contributed by atoms with Gasteiger partial charge in [-0.1, -0.05) is 23.8 Å². The van der Waals surface area contributed by atoms with Gasteiger partial charge in [0.2, 0.25) is 5.91 Å². The van der Waals surface area contributed by atoms with Crippen LogP contribution in [0.25, 0.3) is 10.9 Å². The van der Waals surface area contributed by atoms with Crippen LogP contribution in [0.1, 0.15) is 49.9 Å². The zero-order valence-electron chi connectivity index (χ0n) is 14.2. The monoisotopic (exact) mass is 320 g/mol. The predicted octanol–water partition coefficient (Wildman–Crippen LogP) is 4.36. The summed E-state index contributed by atoms with van der Waals surface area (Å²) in [7, 11) is 0. The highest BCUT2D eigenvalue weighted by Crippen LogP contribution is 2.49. The molecule has 5 rings (SSSR count). The van der Waals surface area contributed by atoms with Crippen LogP contribution in [-0.4, -0.2) is 22.3 Å². The van der Waals surface area contributed by atoms with Crippen LogP contribution in [-0.2, 0) is 11.2 Å². The summed E-state index contributed by atoms with van der Waals surface area (Å²) < 4.78 is 0. The second-order valence-corrected chi connectivity index (χ2v) is 7.71. The summed E-state index contributed by atoms with van der Waals surface area (Å²) in [6, 6.07) is 8.61. The average Bonchev–Trinajstić information content (AvgIpc) is 3.50. The third-order valence-corrected chi connectivity index (χ3v) is 6.01. The van der Waals surface area contributed by atoms with Crippen molar-refractivity contribution in [2.45, 2.75) is 45.1 Å². The molecule has 1 aliphatic heterocycles. The Hall–Kier alpha value is -2.03. The Labute approximate surface area is 142 Å². The van der Waals surface area contributed by atoms with Gasteiger partial charge in [-0.2, -0.15) is 0 Å². The quantitative estimate of drug-likeness (QED) is 0.838. The summed E-state index contributed by atoms with van der Waals surface area (Å²) in [4.78, 5) is 18.6. The average molecular weight is 320 g/mol. The molecule has 0 saturated heterocycles. The van der Waals surface area contributed by atoms with Crippen molar-refractivity contribution in [3.05, 3.63) is 47.2 Å². The van der Waals surface area contributed by atoms with Crippen molar-refractivity contribution in [3.63, 3.8) is 0 Å². The van der Waals surface area contributed by atoms with Gasteiger partial charge in [-0.3, -0.25) is 4.79 Å². The van der Waals surface area contributed by atoms with E-state index in [2.05, 4.69) is 41.1 Å². The zero-order chi connectivity index (χ0) is 16.3. The Morgan fingerprint density at radius 3 is 2.58 bits per heavy atom. The van der Waals surface area contributed by atoms with E-state index in [1.54, 1.807) is 0 Å². The van der Waals surface area contributed by atoms with E-state index < -0.39 is 0 Å². The first-order chi connectivity index (χ1) is 11.7. The van der Waals surface area contributed by atoms with Gasteiger partial charge in [0.1, 0.15) is 0 Å².